The summed E-state index contributed by atoms with van der Waals surface area (Å²) in [6, 6.07) is 0. The van der Waals surface area contributed by atoms with Crippen molar-refractivity contribution in [3.05, 3.63) is 12.2 Å². The quantitative estimate of drug-likeness (QED) is 0.452. The number of nitrogens with one attached hydrogen (secondary N) is 1. The Labute approximate surface area is 88.9 Å². The van der Waals surface area contributed by atoms with Crippen LogP contribution in [-0.4, -0.2) is 17.3 Å². The summed E-state index contributed by atoms with van der Waals surface area (Å²) in [5, 5.41) is 2.86. The minimum Gasteiger partial charge on any atom is -0.355 e. The van der Waals surface area contributed by atoms with Gasteiger partial charge in [0, 0.05) is 6.54 Å². The van der Waals surface area contributed by atoms with E-state index in [0.717, 1.165) is 13.0 Å². The lowest BCUT2D eigenvalue weighted by Crippen LogP contribution is -2.34. The third-order valence-electron chi connectivity index (χ3n) is 1.68. The van der Waals surface area contributed by atoms with Crippen molar-refractivity contribution in [2.24, 2.45) is 5.92 Å². The Morgan fingerprint density at radius 1 is 1.54 bits per heavy atom. The largest absolute Gasteiger partial charge is 0.355 e. The van der Waals surface area contributed by atoms with Crippen LogP contribution in [0.5, 0.6) is 0 Å². The van der Waals surface area contributed by atoms with Crippen LogP contribution < -0.4 is 5.32 Å². The lowest BCUT2D eigenvalue weighted by Gasteiger charge is -2.12. The van der Waals surface area contributed by atoms with Gasteiger partial charge in [0.2, 0.25) is 5.91 Å². The number of hydrogen-bond donors (Lipinski definition) is 1. The van der Waals surface area contributed by atoms with Crippen LogP contribution in [0.25, 0.3) is 0 Å². The molecule has 0 heterocycles. The molecule has 0 aliphatic carbocycles. The van der Waals surface area contributed by atoms with Gasteiger partial charge in [0.05, 0.1) is 4.83 Å². The van der Waals surface area contributed by atoms with Crippen molar-refractivity contribution in [1.82, 2.24) is 5.32 Å². The second-order valence-electron chi connectivity index (χ2n) is 3.29. The highest BCUT2D eigenvalue weighted by molar-refractivity contribution is 9.10. The molecule has 3 heteroatoms. The molecule has 76 valence electrons. The molecule has 0 bridgehead atoms. The van der Waals surface area contributed by atoms with Crippen molar-refractivity contribution in [3.8, 4) is 0 Å². The number of allylic oxidation sites excluding steroid dienone is 1. The first-order valence-corrected chi connectivity index (χ1v) is 5.54. The number of halogens is 1. The van der Waals surface area contributed by atoms with Gasteiger partial charge in [-0.05, 0) is 19.3 Å². The molecule has 0 aromatic carbocycles. The van der Waals surface area contributed by atoms with Gasteiger partial charge < -0.3 is 5.32 Å². The molecule has 0 aromatic heterocycles. The Balaban J connectivity index is 3.62. The van der Waals surface area contributed by atoms with Crippen LogP contribution >= 0.6 is 15.9 Å². The fraction of sp³-hybridized carbons (Fsp3) is 0.700. The zero-order valence-electron chi connectivity index (χ0n) is 8.51. The SMILES string of the molecule is C/C=C/CCNC(=O)C(Br)C(C)C. The molecule has 2 nitrogen and oxygen atoms in total. The first-order valence-electron chi connectivity index (χ1n) is 4.62. The topological polar surface area (TPSA) is 29.1 Å². The maximum Gasteiger partial charge on any atom is 0.234 e. The fourth-order valence-corrected chi connectivity index (χ4v) is 1.01. The normalized spacial score (nSPS) is 13.6. The molecule has 0 aliphatic heterocycles. The minimum absolute atomic E-state index is 0.0712. The van der Waals surface area contributed by atoms with Gasteiger partial charge in [-0.15, -0.1) is 0 Å². The monoisotopic (exact) mass is 247 g/mol. The number of carbonyl (C=O) groups excluding carboxylic acids is 1. The van der Waals surface area contributed by atoms with Crippen molar-refractivity contribution in [1.29, 1.82) is 0 Å². The summed E-state index contributed by atoms with van der Waals surface area (Å²) in [5.41, 5.74) is 0. The van der Waals surface area contributed by atoms with Crippen molar-refractivity contribution in [2.45, 2.75) is 32.0 Å². The maximum atomic E-state index is 11.4. The molecule has 0 saturated heterocycles. The van der Waals surface area contributed by atoms with Crippen LogP contribution in [0, 0.1) is 5.92 Å². The zero-order valence-corrected chi connectivity index (χ0v) is 10.1. The minimum atomic E-state index is -0.0712. The number of alkyl halides is 1. The second kappa shape index (κ2) is 7.13. The first-order chi connectivity index (χ1) is 6.09. The van der Waals surface area contributed by atoms with E-state index in [1.807, 2.05) is 32.9 Å². The van der Waals surface area contributed by atoms with Gasteiger partial charge in [-0.3, -0.25) is 4.79 Å². The predicted octanol–water partition coefficient (Wildman–Crippen LogP) is 2.49. The van der Waals surface area contributed by atoms with Crippen LogP contribution in [0.1, 0.15) is 27.2 Å². The van der Waals surface area contributed by atoms with Gasteiger partial charge >= 0.3 is 0 Å². The third-order valence-corrected chi connectivity index (χ3v) is 3.15. The molecule has 1 amide bonds. The number of amides is 1. The molecule has 0 fully saturated rings. The summed E-state index contributed by atoms with van der Waals surface area (Å²) >= 11 is 3.35. The molecule has 0 radical (unpaired) electrons. The maximum absolute atomic E-state index is 11.4. The van der Waals surface area contributed by atoms with E-state index >= 15 is 0 Å². The van der Waals surface area contributed by atoms with E-state index < -0.39 is 0 Å². The average molecular weight is 248 g/mol. The van der Waals surface area contributed by atoms with Crippen LogP contribution in [0.3, 0.4) is 0 Å². The lowest BCUT2D eigenvalue weighted by molar-refractivity contribution is -0.121. The van der Waals surface area contributed by atoms with Crippen LogP contribution in [0.4, 0.5) is 0 Å². The molecule has 0 rings (SSSR count). The standard InChI is InChI=1S/C10H18BrNO/c1-4-5-6-7-12-10(13)9(11)8(2)3/h4-5,8-9H,6-7H2,1-3H3,(H,12,13)/b5-4+. The molecular formula is C10H18BrNO. The zero-order chi connectivity index (χ0) is 10.3. The van der Waals surface area contributed by atoms with Crippen molar-refractivity contribution >= 4 is 21.8 Å². The molecule has 0 spiro atoms. The summed E-state index contributed by atoms with van der Waals surface area (Å²) in [5.74, 6) is 0.418. The van der Waals surface area contributed by atoms with Gasteiger partial charge in [0.15, 0.2) is 0 Å². The van der Waals surface area contributed by atoms with Gasteiger partial charge in [-0.2, -0.15) is 0 Å². The Hall–Kier alpha value is -0.310. The highest BCUT2D eigenvalue weighted by atomic mass is 79.9. The van der Waals surface area contributed by atoms with E-state index in [1.165, 1.54) is 0 Å². The smallest absolute Gasteiger partial charge is 0.234 e. The molecule has 1 unspecified atom stereocenters. The molecule has 0 saturated carbocycles. The highest BCUT2D eigenvalue weighted by Crippen LogP contribution is 2.11. The number of carbonyl (C=O) groups is 1. The van der Waals surface area contributed by atoms with Gasteiger partial charge in [-0.25, -0.2) is 0 Å². The molecule has 13 heavy (non-hydrogen) atoms. The van der Waals surface area contributed by atoms with Gasteiger partial charge in [0.25, 0.3) is 0 Å². The Kier molecular flexibility index (Phi) is 6.96. The average Bonchev–Trinajstić information content (AvgIpc) is 2.10. The fourth-order valence-electron chi connectivity index (χ4n) is 0.846. The summed E-state index contributed by atoms with van der Waals surface area (Å²) < 4.78 is 0. The first kappa shape index (κ1) is 12.7. The number of hydrogen-bond acceptors (Lipinski definition) is 1. The van der Waals surface area contributed by atoms with E-state index in [2.05, 4.69) is 21.2 Å². The van der Waals surface area contributed by atoms with E-state index in [9.17, 15) is 4.79 Å². The lowest BCUT2D eigenvalue weighted by atomic mass is 10.1. The number of rotatable bonds is 5. The van der Waals surface area contributed by atoms with Crippen molar-refractivity contribution in [3.63, 3.8) is 0 Å². The van der Waals surface area contributed by atoms with Crippen molar-refractivity contribution < 1.29 is 4.79 Å². The second-order valence-corrected chi connectivity index (χ2v) is 4.28. The van der Waals surface area contributed by atoms with Crippen molar-refractivity contribution in [2.75, 3.05) is 6.54 Å². The Morgan fingerprint density at radius 3 is 2.62 bits per heavy atom. The molecule has 0 aromatic rings. The summed E-state index contributed by atoms with van der Waals surface area (Å²) in [6.07, 6.45) is 4.93. The Morgan fingerprint density at radius 2 is 2.15 bits per heavy atom. The summed E-state index contributed by atoms with van der Waals surface area (Å²) in [6.45, 7) is 6.73. The third kappa shape index (κ3) is 5.86. The van der Waals surface area contributed by atoms with Crippen LogP contribution in [0.2, 0.25) is 0 Å². The molecule has 0 aliphatic rings. The highest BCUT2D eigenvalue weighted by Gasteiger charge is 2.17. The molecular weight excluding hydrogens is 230 g/mol. The van der Waals surface area contributed by atoms with Gasteiger partial charge in [-0.1, -0.05) is 41.9 Å². The van der Waals surface area contributed by atoms with E-state index in [0.29, 0.717) is 5.92 Å². The van der Waals surface area contributed by atoms with Crippen LogP contribution in [0.15, 0.2) is 12.2 Å². The van der Waals surface area contributed by atoms with E-state index in [4.69, 9.17) is 0 Å². The summed E-state index contributed by atoms with van der Waals surface area (Å²) in [7, 11) is 0. The van der Waals surface area contributed by atoms with E-state index in [-0.39, 0.29) is 10.7 Å². The Bertz CT molecular complexity index is 178. The van der Waals surface area contributed by atoms with E-state index in [1.54, 1.807) is 0 Å². The predicted molar refractivity (Wildman–Crippen MR) is 60.0 cm³/mol. The summed E-state index contributed by atoms with van der Waals surface area (Å²) in [4.78, 5) is 11.3. The molecule has 1 atom stereocenters. The van der Waals surface area contributed by atoms with Gasteiger partial charge in [0.1, 0.15) is 0 Å². The van der Waals surface area contributed by atoms with Crippen LogP contribution in [-0.2, 0) is 4.79 Å². The molecule has 1 N–H and O–H groups in total.